The molecule has 0 aliphatic rings. The molecule has 9 nitrogen and oxygen atoms in total. The zero-order valence-corrected chi connectivity index (χ0v) is 23.2. The number of ketones is 1. The third kappa shape index (κ3) is 11.9. The maximum absolute atomic E-state index is 13.2. The van der Waals surface area contributed by atoms with Gasteiger partial charge in [-0.1, -0.05) is 88.4 Å². The van der Waals surface area contributed by atoms with Crippen LogP contribution >= 0.6 is 0 Å². The Kier molecular flexibility index (Phi) is 12.9. The average Bonchev–Trinajstić information content (AvgIpc) is 2.90. The molecule has 210 valence electrons. The molecule has 0 saturated carbocycles. The van der Waals surface area contributed by atoms with Gasteiger partial charge in [-0.2, -0.15) is 0 Å². The van der Waals surface area contributed by atoms with Crippen LogP contribution in [0.1, 0.15) is 51.7 Å². The van der Waals surface area contributed by atoms with Crippen molar-refractivity contribution in [2.45, 2.75) is 65.6 Å². The van der Waals surface area contributed by atoms with Crippen LogP contribution in [0, 0.1) is 11.8 Å². The number of hydrogen-bond donors (Lipinski definition) is 4. The molecular weight excluding hydrogens is 496 g/mol. The number of Topliss-reactive ketones (excluding diaryl/α,β-unsaturated/α-hetero) is 1. The van der Waals surface area contributed by atoms with Crippen LogP contribution in [-0.2, 0) is 36.9 Å². The third-order valence-electron chi connectivity index (χ3n) is 5.89. The average molecular weight is 537 g/mol. The second-order valence-corrected chi connectivity index (χ2v) is 10.4. The molecule has 4 N–H and O–H groups in total. The van der Waals surface area contributed by atoms with Gasteiger partial charge in [0, 0.05) is 13.0 Å². The van der Waals surface area contributed by atoms with Gasteiger partial charge in [0.2, 0.25) is 23.5 Å². The highest BCUT2D eigenvalue weighted by molar-refractivity contribution is 6.37. The molecule has 0 radical (unpaired) electrons. The molecule has 0 saturated heterocycles. The number of carbonyl (C=O) groups excluding carboxylic acids is 5. The molecule has 2 rings (SSSR count). The topological polar surface area (TPSA) is 133 Å². The van der Waals surface area contributed by atoms with Crippen molar-refractivity contribution in [2.24, 2.45) is 11.8 Å². The first-order chi connectivity index (χ1) is 18.5. The highest BCUT2D eigenvalue weighted by atomic mass is 16.2. The summed E-state index contributed by atoms with van der Waals surface area (Å²) in [6, 6.07) is 16.4. The van der Waals surface area contributed by atoms with Gasteiger partial charge < -0.3 is 21.3 Å². The first-order valence-electron chi connectivity index (χ1n) is 13.3. The first kappa shape index (κ1) is 31.2. The fourth-order valence-electron chi connectivity index (χ4n) is 3.93. The Morgan fingerprint density at radius 1 is 0.641 bits per heavy atom. The van der Waals surface area contributed by atoms with Crippen LogP contribution in [0.3, 0.4) is 0 Å². The van der Waals surface area contributed by atoms with Crippen molar-refractivity contribution in [3.8, 4) is 0 Å². The minimum Gasteiger partial charge on any atom is -0.350 e. The lowest BCUT2D eigenvalue weighted by Crippen LogP contribution is -2.55. The van der Waals surface area contributed by atoms with Crippen molar-refractivity contribution >= 4 is 29.4 Å². The number of rotatable bonds is 15. The highest BCUT2D eigenvalue weighted by Gasteiger charge is 2.29. The molecule has 0 spiro atoms. The van der Waals surface area contributed by atoms with E-state index in [1.54, 1.807) is 24.3 Å². The van der Waals surface area contributed by atoms with Crippen LogP contribution in [0.25, 0.3) is 0 Å². The minimum absolute atomic E-state index is 0.0379. The molecule has 0 unspecified atom stereocenters. The summed E-state index contributed by atoms with van der Waals surface area (Å²) in [5.41, 5.74) is 1.63. The number of nitrogens with one attached hydrogen (secondary N) is 4. The predicted octanol–water partition coefficient (Wildman–Crippen LogP) is 2.29. The lowest BCUT2D eigenvalue weighted by Gasteiger charge is -2.25. The van der Waals surface area contributed by atoms with Crippen molar-refractivity contribution in [3.63, 3.8) is 0 Å². The van der Waals surface area contributed by atoms with Gasteiger partial charge >= 0.3 is 0 Å². The molecule has 9 heteroatoms. The van der Waals surface area contributed by atoms with E-state index >= 15 is 0 Å². The molecule has 0 fully saturated rings. The van der Waals surface area contributed by atoms with E-state index in [1.807, 2.05) is 64.1 Å². The van der Waals surface area contributed by atoms with Crippen molar-refractivity contribution in [1.82, 2.24) is 21.3 Å². The molecule has 0 aliphatic carbocycles. The Balaban J connectivity index is 1.97. The van der Waals surface area contributed by atoms with Crippen molar-refractivity contribution < 1.29 is 24.0 Å². The van der Waals surface area contributed by atoms with E-state index in [-0.39, 0.29) is 37.1 Å². The molecule has 2 atom stereocenters. The van der Waals surface area contributed by atoms with Gasteiger partial charge in [-0.05, 0) is 35.8 Å². The fourth-order valence-corrected chi connectivity index (χ4v) is 3.93. The van der Waals surface area contributed by atoms with Crippen LogP contribution in [-0.4, -0.2) is 48.0 Å². The summed E-state index contributed by atoms with van der Waals surface area (Å²) in [4.78, 5) is 63.5. The Hall–Kier alpha value is -4.01. The van der Waals surface area contributed by atoms with E-state index in [1.165, 1.54) is 0 Å². The van der Waals surface area contributed by atoms with Gasteiger partial charge in [-0.3, -0.25) is 24.0 Å². The Morgan fingerprint density at radius 3 is 1.69 bits per heavy atom. The normalized spacial score (nSPS) is 12.4. The van der Waals surface area contributed by atoms with E-state index in [2.05, 4.69) is 21.3 Å². The van der Waals surface area contributed by atoms with E-state index in [4.69, 9.17) is 0 Å². The second-order valence-electron chi connectivity index (χ2n) is 10.4. The van der Waals surface area contributed by atoms with Crippen molar-refractivity contribution in [3.05, 3.63) is 71.8 Å². The zero-order chi connectivity index (χ0) is 28.8. The van der Waals surface area contributed by atoms with Gasteiger partial charge in [0.1, 0.15) is 12.1 Å². The van der Waals surface area contributed by atoms with Gasteiger partial charge in [0.15, 0.2) is 0 Å². The van der Waals surface area contributed by atoms with E-state index in [9.17, 15) is 24.0 Å². The summed E-state index contributed by atoms with van der Waals surface area (Å²) in [6.45, 7) is 7.70. The van der Waals surface area contributed by atoms with E-state index < -0.39 is 35.6 Å². The molecule has 2 aromatic carbocycles. The molecular formula is C30H40N4O5. The Bertz CT molecular complexity index is 1100. The maximum atomic E-state index is 13.2. The molecule has 0 heterocycles. The van der Waals surface area contributed by atoms with E-state index in [0.717, 1.165) is 5.56 Å². The summed E-state index contributed by atoms with van der Waals surface area (Å²) < 4.78 is 0. The number of hydrogen-bond acceptors (Lipinski definition) is 5. The summed E-state index contributed by atoms with van der Waals surface area (Å²) in [7, 11) is 0. The predicted molar refractivity (Wildman–Crippen MR) is 149 cm³/mol. The van der Waals surface area contributed by atoms with E-state index in [0.29, 0.717) is 18.5 Å². The van der Waals surface area contributed by atoms with Crippen molar-refractivity contribution in [2.75, 3.05) is 6.54 Å². The summed E-state index contributed by atoms with van der Waals surface area (Å²) >= 11 is 0. The molecule has 4 amide bonds. The van der Waals surface area contributed by atoms with Gasteiger partial charge in [0.05, 0.1) is 6.54 Å². The van der Waals surface area contributed by atoms with Crippen LogP contribution in [0.5, 0.6) is 0 Å². The van der Waals surface area contributed by atoms with Crippen LogP contribution in [0.4, 0.5) is 0 Å². The van der Waals surface area contributed by atoms with Gasteiger partial charge in [0.25, 0.3) is 5.91 Å². The smallest absolute Gasteiger partial charge is 0.288 e. The highest BCUT2D eigenvalue weighted by Crippen LogP contribution is 2.10. The van der Waals surface area contributed by atoms with Crippen LogP contribution in [0.2, 0.25) is 0 Å². The molecule has 0 aliphatic heterocycles. The van der Waals surface area contributed by atoms with Crippen molar-refractivity contribution in [1.29, 1.82) is 0 Å². The first-order valence-corrected chi connectivity index (χ1v) is 13.3. The largest absolute Gasteiger partial charge is 0.350 e. The lowest BCUT2D eigenvalue weighted by atomic mass is 9.99. The quantitative estimate of drug-likeness (QED) is 0.259. The Morgan fingerprint density at radius 2 is 1.15 bits per heavy atom. The molecule has 0 bridgehead atoms. The van der Waals surface area contributed by atoms with Crippen LogP contribution in [0.15, 0.2) is 60.7 Å². The number of benzene rings is 2. The third-order valence-corrected chi connectivity index (χ3v) is 5.89. The standard InChI is InChI=1S/C30H40N4O5/c1-20(2)15-24(28(37)32-19-27(36)31-18-23-13-9-6-10-14-23)33-29(38)25(16-21(3)4)34-30(39)26(35)17-22-11-7-5-8-12-22/h5-14,20-21,24-25H,15-19H2,1-4H3,(H,31,36)(H,32,37)(H,33,38)(H,34,39)/t24-,25+/m0/s1. The maximum Gasteiger partial charge on any atom is 0.288 e. The second kappa shape index (κ2) is 16.1. The van der Waals surface area contributed by atoms with Gasteiger partial charge in [-0.25, -0.2) is 0 Å². The molecule has 2 aromatic rings. The zero-order valence-electron chi connectivity index (χ0n) is 23.2. The lowest BCUT2D eigenvalue weighted by molar-refractivity contribution is -0.139. The minimum atomic E-state index is -0.992. The number of amides is 4. The molecule has 0 aromatic heterocycles. The SMILES string of the molecule is CC(C)C[C@H](NC(=O)[C@@H](CC(C)C)NC(=O)C(=O)Cc1ccccc1)C(=O)NCC(=O)NCc1ccccc1. The van der Waals surface area contributed by atoms with Gasteiger partial charge in [-0.15, -0.1) is 0 Å². The Labute approximate surface area is 230 Å². The fraction of sp³-hybridized carbons (Fsp3) is 0.433. The van der Waals surface area contributed by atoms with Crippen LogP contribution < -0.4 is 21.3 Å². The monoisotopic (exact) mass is 536 g/mol. The summed E-state index contributed by atoms with van der Waals surface area (Å²) in [5, 5.41) is 10.6. The summed E-state index contributed by atoms with van der Waals surface area (Å²) in [5.74, 6) is -2.81. The summed E-state index contributed by atoms with van der Waals surface area (Å²) in [6.07, 6.45) is 0.542. The number of carbonyl (C=O) groups is 5. The molecule has 39 heavy (non-hydrogen) atoms.